The number of nitrogen functional groups attached to an aromatic ring is 1. The van der Waals surface area contributed by atoms with Crippen molar-refractivity contribution < 1.29 is 4.74 Å². The van der Waals surface area contributed by atoms with Crippen molar-refractivity contribution in [2.75, 3.05) is 12.8 Å². The molecular weight excluding hydrogens is 270 g/mol. The van der Waals surface area contributed by atoms with Crippen LogP contribution in [0.15, 0.2) is 35.1 Å². The average molecular weight is 280 g/mol. The molecule has 0 radical (unpaired) electrons. The number of aromatic nitrogens is 2. The van der Waals surface area contributed by atoms with Gasteiger partial charge in [0.1, 0.15) is 10.4 Å². The molecule has 0 fully saturated rings. The number of methoxy groups -OCH3 is 1. The highest BCUT2D eigenvalue weighted by atomic mass is 79.9. The Morgan fingerprint density at radius 3 is 2.50 bits per heavy atom. The second-order valence-corrected chi connectivity index (χ2v) is 3.91. The quantitative estimate of drug-likeness (QED) is 0.918. The summed E-state index contributed by atoms with van der Waals surface area (Å²) >= 11 is 3.25. The molecule has 1 aromatic heterocycles. The van der Waals surface area contributed by atoms with E-state index in [0.29, 0.717) is 10.4 Å². The molecular formula is C11H10BrN3O. The molecule has 0 aliphatic carbocycles. The topological polar surface area (TPSA) is 61.0 Å². The largest absolute Gasteiger partial charge is 0.497 e. The number of hydrogen-bond donors (Lipinski definition) is 1. The molecule has 0 spiro atoms. The van der Waals surface area contributed by atoms with Gasteiger partial charge in [-0.25, -0.2) is 9.97 Å². The Bertz CT molecular complexity index is 499. The van der Waals surface area contributed by atoms with Crippen molar-refractivity contribution in [3.05, 3.63) is 35.1 Å². The van der Waals surface area contributed by atoms with Gasteiger partial charge in [0.05, 0.1) is 19.0 Å². The first kappa shape index (κ1) is 10.9. The molecule has 82 valence electrons. The molecule has 0 saturated carbocycles. The molecule has 0 amide bonds. The fraction of sp³-hybridized carbons (Fsp3) is 0.0909. The lowest BCUT2D eigenvalue weighted by atomic mass is 10.1. The Kier molecular flexibility index (Phi) is 3.05. The summed E-state index contributed by atoms with van der Waals surface area (Å²) in [7, 11) is 1.63. The Morgan fingerprint density at radius 1 is 1.25 bits per heavy atom. The van der Waals surface area contributed by atoms with E-state index in [1.54, 1.807) is 13.3 Å². The van der Waals surface area contributed by atoms with Crippen molar-refractivity contribution in [3.8, 4) is 17.0 Å². The molecule has 0 aliphatic rings. The summed E-state index contributed by atoms with van der Waals surface area (Å²) in [5, 5.41) is 0. The van der Waals surface area contributed by atoms with Gasteiger partial charge in [-0.2, -0.15) is 0 Å². The summed E-state index contributed by atoms with van der Waals surface area (Å²) in [5.41, 5.74) is 7.31. The van der Waals surface area contributed by atoms with Gasteiger partial charge in [0.2, 0.25) is 0 Å². The van der Waals surface area contributed by atoms with E-state index in [1.165, 1.54) is 0 Å². The zero-order valence-electron chi connectivity index (χ0n) is 8.64. The van der Waals surface area contributed by atoms with Crippen molar-refractivity contribution >= 4 is 21.7 Å². The van der Waals surface area contributed by atoms with Crippen LogP contribution in [-0.4, -0.2) is 17.1 Å². The van der Waals surface area contributed by atoms with E-state index < -0.39 is 0 Å². The number of nitrogens with two attached hydrogens (primary N) is 1. The minimum Gasteiger partial charge on any atom is -0.497 e. The number of ether oxygens (including phenoxy) is 1. The smallest absolute Gasteiger partial charge is 0.156 e. The highest BCUT2D eigenvalue weighted by Gasteiger charge is 2.04. The molecule has 0 saturated heterocycles. The van der Waals surface area contributed by atoms with E-state index in [9.17, 15) is 0 Å². The van der Waals surface area contributed by atoms with Crippen LogP contribution in [0.3, 0.4) is 0 Å². The summed E-state index contributed by atoms with van der Waals surface area (Å²) in [5.74, 6) is 1.20. The molecule has 2 N–H and O–H groups in total. The first-order valence-corrected chi connectivity index (χ1v) is 5.42. The lowest BCUT2D eigenvalue weighted by molar-refractivity contribution is 0.415. The maximum atomic E-state index is 5.57. The number of halogens is 1. The number of nitrogens with zero attached hydrogens (tertiary/aromatic N) is 2. The number of rotatable bonds is 2. The van der Waals surface area contributed by atoms with Crippen molar-refractivity contribution in [1.82, 2.24) is 9.97 Å². The van der Waals surface area contributed by atoms with Gasteiger partial charge in [0.15, 0.2) is 5.82 Å². The van der Waals surface area contributed by atoms with Crippen LogP contribution in [-0.2, 0) is 0 Å². The zero-order valence-corrected chi connectivity index (χ0v) is 10.2. The number of anilines is 1. The monoisotopic (exact) mass is 279 g/mol. The van der Waals surface area contributed by atoms with Crippen molar-refractivity contribution in [2.45, 2.75) is 0 Å². The first-order valence-electron chi connectivity index (χ1n) is 4.63. The van der Waals surface area contributed by atoms with Crippen LogP contribution in [0.4, 0.5) is 5.82 Å². The fourth-order valence-electron chi connectivity index (χ4n) is 1.28. The van der Waals surface area contributed by atoms with Crippen LogP contribution in [0, 0.1) is 0 Å². The third kappa shape index (κ3) is 2.14. The minimum absolute atomic E-state index is 0.386. The maximum Gasteiger partial charge on any atom is 0.156 e. The summed E-state index contributed by atoms with van der Waals surface area (Å²) in [6.45, 7) is 0. The summed E-state index contributed by atoms with van der Waals surface area (Å²) in [4.78, 5) is 8.32. The van der Waals surface area contributed by atoms with Gasteiger partial charge >= 0.3 is 0 Å². The molecule has 0 aliphatic heterocycles. The van der Waals surface area contributed by atoms with E-state index in [2.05, 4.69) is 25.9 Å². The van der Waals surface area contributed by atoms with Crippen molar-refractivity contribution in [1.29, 1.82) is 0 Å². The normalized spacial score (nSPS) is 10.1. The molecule has 2 aromatic rings. The van der Waals surface area contributed by atoms with Gasteiger partial charge in [-0.15, -0.1) is 0 Å². The summed E-state index contributed by atoms with van der Waals surface area (Å²) in [6, 6.07) is 7.60. The van der Waals surface area contributed by atoms with Gasteiger partial charge < -0.3 is 10.5 Å². The van der Waals surface area contributed by atoms with Gasteiger partial charge in [-0.1, -0.05) is 0 Å². The molecule has 16 heavy (non-hydrogen) atoms. The van der Waals surface area contributed by atoms with Crippen LogP contribution >= 0.6 is 15.9 Å². The third-order valence-corrected chi connectivity index (χ3v) is 2.73. The molecule has 1 aromatic carbocycles. The number of hydrogen-bond acceptors (Lipinski definition) is 4. The van der Waals surface area contributed by atoms with Crippen molar-refractivity contribution in [2.24, 2.45) is 0 Å². The zero-order chi connectivity index (χ0) is 11.5. The Hall–Kier alpha value is -1.62. The number of benzene rings is 1. The Labute approximate surface area is 102 Å². The van der Waals surface area contributed by atoms with Gasteiger partial charge in [0, 0.05) is 5.56 Å². The second kappa shape index (κ2) is 4.49. The second-order valence-electron chi connectivity index (χ2n) is 3.16. The van der Waals surface area contributed by atoms with E-state index in [1.807, 2.05) is 24.3 Å². The molecule has 4 nitrogen and oxygen atoms in total. The first-order chi connectivity index (χ1) is 7.70. The molecule has 0 unspecified atom stereocenters. The van der Waals surface area contributed by atoms with Crippen LogP contribution in [0.5, 0.6) is 5.75 Å². The molecule has 1 heterocycles. The van der Waals surface area contributed by atoms with Crippen molar-refractivity contribution in [3.63, 3.8) is 0 Å². The maximum absolute atomic E-state index is 5.57. The van der Waals surface area contributed by atoms with E-state index >= 15 is 0 Å². The minimum atomic E-state index is 0.386. The van der Waals surface area contributed by atoms with E-state index in [0.717, 1.165) is 17.0 Å². The van der Waals surface area contributed by atoms with E-state index in [4.69, 9.17) is 10.5 Å². The summed E-state index contributed by atoms with van der Waals surface area (Å²) in [6.07, 6.45) is 1.64. The standard InChI is InChI=1S/C11H10BrN3O/c1-16-8-4-2-7(3-5-8)9-6-14-11(13)10(12)15-9/h2-6H,1H3,(H2,13,14). The molecule has 5 heteroatoms. The van der Waals surface area contributed by atoms with Crippen LogP contribution in [0.1, 0.15) is 0 Å². The van der Waals surface area contributed by atoms with Gasteiger partial charge in [-0.3, -0.25) is 0 Å². The SMILES string of the molecule is COc1ccc(-c2cnc(N)c(Br)n2)cc1. The average Bonchev–Trinajstić information content (AvgIpc) is 2.33. The molecule has 0 bridgehead atoms. The highest BCUT2D eigenvalue weighted by molar-refractivity contribution is 9.10. The Morgan fingerprint density at radius 2 is 1.94 bits per heavy atom. The molecule has 2 rings (SSSR count). The predicted molar refractivity (Wildman–Crippen MR) is 66.1 cm³/mol. The lowest BCUT2D eigenvalue weighted by Crippen LogP contribution is -1.95. The Balaban J connectivity index is 2.38. The summed E-state index contributed by atoms with van der Waals surface area (Å²) < 4.78 is 5.64. The highest BCUT2D eigenvalue weighted by Crippen LogP contribution is 2.23. The lowest BCUT2D eigenvalue weighted by Gasteiger charge is -2.04. The van der Waals surface area contributed by atoms with Gasteiger partial charge in [0.25, 0.3) is 0 Å². The predicted octanol–water partition coefficient (Wildman–Crippen LogP) is 2.50. The van der Waals surface area contributed by atoms with Crippen LogP contribution in [0.25, 0.3) is 11.3 Å². The van der Waals surface area contributed by atoms with Crippen LogP contribution < -0.4 is 10.5 Å². The fourth-order valence-corrected chi connectivity index (χ4v) is 1.57. The van der Waals surface area contributed by atoms with Crippen LogP contribution in [0.2, 0.25) is 0 Å². The molecule has 0 atom stereocenters. The third-order valence-electron chi connectivity index (χ3n) is 2.14. The van der Waals surface area contributed by atoms with Gasteiger partial charge in [-0.05, 0) is 40.2 Å². The van der Waals surface area contributed by atoms with E-state index in [-0.39, 0.29) is 0 Å².